The monoisotopic (exact) mass is 236 g/mol. The summed E-state index contributed by atoms with van der Waals surface area (Å²) in [6.07, 6.45) is 0.941. The predicted molar refractivity (Wildman–Crippen MR) is 64.2 cm³/mol. The summed E-state index contributed by atoms with van der Waals surface area (Å²) in [5.41, 5.74) is 6.86. The molecule has 1 aliphatic heterocycles. The van der Waals surface area contributed by atoms with Crippen molar-refractivity contribution in [1.82, 2.24) is 4.90 Å². The Morgan fingerprint density at radius 1 is 1.59 bits per heavy atom. The van der Waals surface area contributed by atoms with Gasteiger partial charge in [0, 0.05) is 18.7 Å². The Hall–Kier alpha value is -1.42. The maximum atomic E-state index is 13.1. The maximum absolute atomic E-state index is 13.1. The van der Waals surface area contributed by atoms with E-state index in [0.29, 0.717) is 24.6 Å². The molecule has 0 radical (unpaired) electrons. The van der Waals surface area contributed by atoms with Crippen LogP contribution in [0.5, 0.6) is 0 Å². The zero-order valence-corrected chi connectivity index (χ0v) is 9.95. The summed E-state index contributed by atoms with van der Waals surface area (Å²) < 4.78 is 13.1. The van der Waals surface area contributed by atoms with Crippen molar-refractivity contribution in [2.24, 2.45) is 11.7 Å². The van der Waals surface area contributed by atoms with Crippen LogP contribution in [-0.2, 0) is 0 Å². The zero-order valence-electron chi connectivity index (χ0n) is 9.95. The van der Waals surface area contributed by atoms with E-state index in [9.17, 15) is 9.18 Å². The van der Waals surface area contributed by atoms with Crippen molar-refractivity contribution in [2.45, 2.75) is 13.3 Å². The molecule has 0 spiro atoms. The Bertz CT molecular complexity index is 433. The molecule has 1 heterocycles. The molecule has 0 aromatic heterocycles. The third-order valence-corrected chi connectivity index (χ3v) is 3.34. The van der Waals surface area contributed by atoms with Gasteiger partial charge in [-0.15, -0.1) is 0 Å². The lowest BCUT2D eigenvalue weighted by molar-refractivity contribution is 0.0786. The summed E-state index contributed by atoms with van der Waals surface area (Å²) in [4.78, 5) is 14.0. The van der Waals surface area contributed by atoms with Crippen molar-refractivity contribution in [3.63, 3.8) is 0 Å². The van der Waals surface area contributed by atoms with Gasteiger partial charge in [-0.1, -0.05) is 6.07 Å². The number of rotatable bonds is 2. The van der Waals surface area contributed by atoms with Crippen LogP contribution in [0.1, 0.15) is 22.3 Å². The highest BCUT2D eigenvalue weighted by Crippen LogP contribution is 2.20. The van der Waals surface area contributed by atoms with Gasteiger partial charge >= 0.3 is 0 Å². The molecule has 0 aliphatic carbocycles. The highest BCUT2D eigenvalue weighted by molar-refractivity contribution is 5.95. The number of halogens is 1. The molecule has 1 aliphatic rings. The van der Waals surface area contributed by atoms with Gasteiger partial charge in [0.15, 0.2) is 0 Å². The van der Waals surface area contributed by atoms with E-state index in [0.717, 1.165) is 18.5 Å². The molecule has 1 saturated heterocycles. The number of carbonyl (C=O) groups excluding carboxylic acids is 1. The minimum Gasteiger partial charge on any atom is -0.338 e. The Morgan fingerprint density at radius 3 is 3.00 bits per heavy atom. The number of hydrogen-bond donors (Lipinski definition) is 1. The quantitative estimate of drug-likeness (QED) is 0.847. The number of carbonyl (C=O) groups is 1. The molecule has 92 valence electrons. The second kappa shape index (κ2) is 4.84. The number of aryl methyl sites for hydroxylation is 1. The van der Waals surface area contributed by atoms with Gasteiger partial charge in [-0.3, -0.25) is 4.79 Å². The lowest BCUT2D eigenvalue weighted by atomic mass is 10.1. The average Bonchev–Trinajstić information content (AvgIpc) is 2.80. The summed E-state index contributed by atoms with van der Waals surface area (Å²) in [6, 6.07) is 4.32. The largest absolute Gasteiger partial charge is 0.338 e. The molecule has 1 aromatic rings. The van der Waals surface area contributed by atoms with Crippen LogP contribution in [-0.4, -0.2) is 30.4 Å². The Morgan fingerprint density at radius 2 is 2.35 bits per heavy atom. The Labute approximate surface area is 100 Å². The highest BCUT2D eigenvalue weighted by Gasteiger charge is 2.26. The van der Waals surface area contributed by atoms with Crippen LogP contribution in [0, 0.1) is 18.7 Å². The van der Waals surface area contributed by atoms with Gasteiger partial charge in [0.2, 0.25) is 0 Å². The molecule has 2 N–H and O–H groups in total. The zero-order chi connectivity index (χ0) is 12.4. The van der Waals surface area contributed by atoms with E-state index in [4.69, 9.17) is 5.73 Å². The van der Waals surface area contributed by atoms with E-state index in [-0.39, 0.29) is 11.7 Å². The Balaban J connectivity index is 2.17. The van der Waals surface area contributed by atoms with Crippen LogP contribution in [0.2, 0.25) is 0 Å². The third kappa shape index (κ3) is 2.47. The number of hydrogen-bond acceptors (Lipinski definition) is 2. The molecule has 2 rings (SSSR count). The smallest absolute Gasteiger partial charge is 0.254 e. The van der Waals surface area contributed by atoms with Crippen LogP contribution in [0.15, 0.2) is 18.2 Å². The standard InChI is InChI=1S/C13H17FN2O/c1-9-2-3-11(14)6-12(9)13(17)16-5-4-10(7-15)8-16/h2-3,6,10H,4-5,7-8,15H2,1H3/t10-/m1/s1. The topological polar surface area (TPSA) is 46.3 Å². The van der Waals surface area contributed by atoms with Crippen molar-refractivity contribution in [2.75, 3.05) is 19.6 Å². The maximum Gasteiger partial charge on any atom is 0.254 e. The summed E-state index contributed by atoms with van der Waals surface area (Å²) in [7, 11) is 0. The normalized spacial score (nSPS) is 19.7. The van der Waals surface area contributed by atoms with Gasteiger partial charge in [0.05, 0.1) is 0 Å². The molecule has 1 atom stereocenters. The average molecular weight is 236 g/mol. The van der Waals surface area contributed by atoms with Crippen molar-refractivity contribution in [3.05, 3.63) is 35.1 Å². The lowest BCUT2D eigenvalue weighted by Gasteiger charge is -2.17. The van der Waals surface area contributed by atoms with Gasteiger partial charge in [0.1, 0.15) is 5.82 Å². The van der Waals surface area contributed by atoms with Crippen molar-refractivity contribution in [1.29, 1.82) is 0 Å². The molecule has 1 aromatic carbocycles. The van der Waals surface area contributed by atoms with Gasteiger partial charge in [-0.25, -0.2) is 4.39 Å². The molecular formula is C13H17FN2O. The SMILES string of the molecule is Cc1ccc(F)cc1C(=O)N1CC[C@H](CN)C1. The summed E-state index contributed by atoms with van der Waals surface area (Å²) >= 11 is 0. The number of amides is 1. The molecule has 3 nitrogen and oxygen atoms in total. The lowest BCUT2D eigenvalue weighted by Crippen LogP contribution is -2.30. The third-order valence-electron chi connectivity index (χ3n) is 3.34. The van der Waals surface area contributed by atoms with Crippen LogP contribution in [0.4, 0.5) is 4.39 Å². The molecular weight excluding hydrogens is 219 g/mol. The minimum absolute atomic E-state index is 0.0852. The fourth-order valence-electron chi connectivity index (χ4n) is 2.20. The fraction of sp³-hybridized carbons (Fsp3) is 0.462. The van der Waals surface area contributed by atoms with Crippen molar-refractivity contribution >= 4 is 5.91 Å². The molecule has 17 heavy (non-hydrogen) atoms. The highest BCUT2D eigenvalue weighted by atomic mass is 19.1. The summed E-state index contributed by atoms with van der Waals surface area (Å²) in [5, 5.41) is 0. The van der Waals surface area contributed by atoms with E-state index >= 15 is 0 Å². The summed E-state index contributed by atoms with van der Waals surface area (Å²) in [6.45, 7) is 3.83. The predicted octanol–water partition coefficient (Wildman–Crippen LogP) is 1.55. The molecule has 1 fully saturated rings. The number of nitrogens with two attached hydrogens (primary N) is 1. The molecule has 0 unspecified atom stereocenters. The second-order valence-corrected chi connectivity index (χ2v) is 4.60. The number of likely N-dealkylation sites (tertiary alicyclic amines) is 1. The molecule has 4 heteroatoms. The van der Waals surface area contributed by atoms with E-state index in [2.05, 4.69) is 0 Å². The fourth-order valence-corrected chi connectivity index (χ4v) is 2.20. The first-order valence-corrected chi connectivity index (χ1v) is 5.87. The second-order valence-electron chi connectivity index (χ2n) is 4.60. The van der Waals surface area contributed by atoms with Gasteiger partial charge in [-0.05, 0) is 43.5 Å². The van der Waals surface area contributed by atoms with Crippen LogP contribution in [0.3, 0.4) is 0 Å². The van der Waals surface area contributed by atoms with E-state index in [1.807, 2.05) is 6.92 Å². The molecule has 1 amide bonds. The molecule has 0 bridgehead atoms. The van der Waals surface area contributed by atoms with Crippen molar-refractivity contribution < 1.29 is 9.18 Å². The van der Waals surface area contributed by atoms with Gasteiger partial charge in [-0.2, -0.15) is 0 Å². The van der Waals surface area contributed by atoms with E-state index in [1.165, 1.54) is 12.1 Å². The van der Waals surface area contributed by atoms with E-state index < -0.39 is 0 Å². The number of benzene rings is 1. The number of nitrogens with zero attached hydrogens (tertiary/aromatic N) is 1. The van der Waals surface area contributed by atoms with Crippen LogP contribution >= 0.6 is 0 Å². The van der Waals surface area contributed by atoms with Crippen LogP contribution in [0.25, 0.3) is 0 Å². The minimum atomic E-state index is -0.367. The summed E-state index contributed by atoms with van der Waals surface area (Å²) in [5.74, 6) is -0.0701. The van der Waals surface area contributed by atoms with Gasteiger partial charge < -0.3 is 10.6 Å². The van der Waals surface area contributed by atoms with Gasteiger partial charge in [0.25, 0.3) is 5.91 Å². The van der Waals surface area contributed by atoms with E-state index in [1.54, 1.807) is 11.0 Å². The van der Waals surface area contributed by atoms with Crippen molar-refractivity contribution in [3.8, 4) is 0 Å². The molecule has 0 saturated carbocycles. The first kappa shape index (κ1) is 12.0. The first-order chi connectivity index (χ1) is 8.11. The van der Waals surface area contributed by atoms with Crippen LogP contribution < -0.4 is 5.73 Å². The Kier molecular flexibility index (Phi) is 3.43. The first-order valence-electron chi connectivity index (χ1n) is 5.87.